The van der Waals surface area contributed by atoms with Crippen molar-refractivity contribution in [3.8, 4) is 0 Å². The molecule has 0 unspecified atom stereocenters. The highest BCUT2D eigenvalue weighted by Crippen LogP contribution is 1.96. The van der Waals surface area contributed by atoms with E-state index >= 15 is 0 Å². The van der Waals surface area contributed by atoms with E-state index in [2.05, 4.69) is 25.7 Å². The lowest BCUT2D eigenvalue weighted by atomic mass is 10.4. The first-order chi connectivity index (χ1) is 7.61. The average molecular weight is 222 g/mol. The van der Waals surface area contributed by atoms with Gasteiger partial charge in [-0.15, -0.1) is 0 Å². The number of hydrogen-bond donors (Lipinski definition) is 3. The second-order valence-electron chi connectivity index (χ2n) is 3.70. The van der Waals surface area contributed by atoms with Gasteiger partial charge in [0, 0.05) is 12.2 Å². The minimum absolute atomic E-state index is 0.280. The van der Waals surface area contributed by atoms with Gasteiger partial charge >= 0.3 is 0 Å². The molecule has 88 valence electrons. The number of aromatic nitrogens is 2. The van der Waals surface area contributed by atoms with Crippen molar-refractivity contribution in [1.29, 1.82) is 0 Å². The molecule has 4 N–H and O–H groups in total. The molecule has 0 aliphatic carbocycles. The van der Waals surface area contributed by atoms with Crippen molar-refractivity contribution in [2.24, 2.45) is 10.8 Å². The van der Waals surface area contributed by atoms with Crippen LogP contribution in [0.4, 0.5) is 0 Å². The minimum atomic E-state index is 0.280. The number of hydrazine groups is 1. The molecule has 0 bridgehead atoms. The van der Waals surface area contributed by atoms with Crippen LogP contribution in [0, 0.1) is 6.92 Å². The van der Waals surface area contributed by atoms with Gasteiger partial charge < -0.3 is 5.32 Å². The van der Waals surface area contributed by atoms with Crippen molar-refractivity contribution in [3.05, 3.63) is 23.8 Å². The summed E-state index contributed by atoms with van der Waals surface area (Å²) in [5.74, 6) is 6.64. The van der Waals surface area contributed by atoms with E-state index < -0.39 is 0 Å². The Balaban J connectivity index is 2.62. The molecule has 16 heavy (non-hydrogen) atoms. The summed E-state index contributed by atoms with van der Waals surface area (Å²) in [4.78, 5) is 12.5. The summed E-state index contributed by atoms with van der Waals surface area (Å²) in [6, 6.07) is 2.11. The molecular weight excluding hydrogens is 204 g/mol. The summed E-state index contributed by atoms with van der Waals surface area (Å²) in [5.41, 5.74) is 3.38. The predicted octanol–water partition coefficient (Wildman–Crippen LogP) is 0.102. The van der Waals surface area contributed by atoms with E-state index in [0.29, 0.717) is 12.5 Å². The maximum absolute atomic E-state index is 5.34. The van der Waals surface area contributed by atoms with Crippen molar-refractivity contribution >= 4 is 5.96 Å². The normalized spacial score (nSPS) is 11.7. The van der Waals surface area contributed by atoms with Crippen molar-refractivity contribution in [2.45, 2.75) is 33.4 Å². The first-order valence-corrected chi connectivity index (χ1v) is 5.18. The Kier molecular flexibility index (Phi) is 4.65. The van der Waals surface area contributed by atoms with Gasteiger partial charge in [-0.2, -0.15) is 0 Å². The Bertz CT molecular complexity index is 360. The SMILES string of the molecule is Cc1nccc(CN=C(NN)NC(C)C)n1. The van der Waals surface area contributed by atoms with Gasteiger partial charge in [-0.1, -0.05) is 0 Å². The number of nitrogens with two attached hydrogens (primary N) is 1. The highest BCUT2D eigenvalue weighted by atomic mass is 15.3. The van der Waals surface area contributed by atoms with E-state index in [1.807, 2.05) is 26.8 Å². The lowest BCUT2D eigenvalue weighted by Gasteiger charge is -2.11. The summed E-state index contributed by atoms with van der Waals surface area (Å²) in [6.07, 6.45) is 1.72. The fraction of sp³-hybridized carbons (Fsp3) is 0.500. The Morgan fingerprint density at radius 2 is 2.31 bits per heavy atom. The first kappa shape index (κ1) is 12.4. The Hall–Kier alpha value is -1.69. The van der Waals surface area contributed by atoms with E-state index in [1.54, 1.807) is 6.20 Å². The molecule has 0 amide bonds. The maximum Gasteiger partial charge on any atom is 0.206 e. The van der Waals surface area contributed by atoms with Crippen LogP contribution in [0.15, 0.2) is 17.3 Å². The third-order valence-electron chi connectivity index (χ3n) is 1.79. The molecule has 6 heteroatoms. The van der Waals surface area contributed by atoms with E-state index in [0.717, 1.165) is 11.5 Å². The van der Waals surface area contributed by atoms with Crippen LogP contribution in [0.2, 0.25) is 0 Å². The molecule has 1 aromatic rings. The molecule has 0 atom stereocenters. The van der Waals surface area contributed by atoms with Gasteiger partial charge in [0.1, 0.15) is 5.82 Å². The highest BCUT2D eigenvalue weighted by molar-refractivity contribution is 5.79. The first-order valence-electron chi connectivity index (χ1n) is 5.18. The molecule has 0 radical (unpaired) electrons. The number of aryl methyl sites for hydroxylation is 1. The summed E-state index contributed by atoms with van der Waals surface area (Å²) in [7, 11) is 0. The van der Waals surface area contributed by atoms with Crippen LogP contribution in [0.25, 0.3) is 0 Å². The zero-order valence-electron chi connectivity index (χ0n) is 9.86. The average Bonchev–Trinajstić information content (AvgIpc) is 2.24. The molecular formula is C10H18N6. The molecule has 1 rings (SSSR count). The standard InChI is InChI=1S/C10H18N6/c1-7(2)14-10(16-11)13-6-9-4-5-12-8(3)15-9/h4-5,7H,6,11H2,1-3H3,(H2,13,14,16). The molecule has 0 saturated carbocycles. The molecule has 1 heterocycles. The molecule has 0 fully saturated rings. The summed E-state index contributed by atoms with van der Waals surface area (Å²) < 4.78 is 0. The number of rotatable bonds is 3. The van der Waals surface area contributed by atoms with Crippen LogP contribution in [0.1, 0.15) is 25.4 Å². The fourth-order valence-electron chi connectivity index (χ4n) is 1.16. The molecule has 0 aliphatic heterocycles. The molecule has 0 aromatic carbocycles. The largest absolute Gasteiger partial charge is 0.353 e. The van der Waals surface area contributed by atoms with Crippen LogP contribution in [0.3, 0.4) is 0 Å². The Morgan fingerprint density at radius 1 is 1.56 bits per heavy atom. The molecule has 0 saturated heterocycles. The zero-order valence-corrected chi connectivity index (χ0v) is 9.86. The van der Waals surface area contributed by atoms with Gasteiger partial charge in [0.15, 0.2) is 0 Å². The third-order valence-corrected chi connectivity index (χ3v) is 1.79. The molecule has 6 nitrogen and oxygen atoms in total. The molecule has 0 spiro atoms. The number of nitrogens with zero attached hydrogens (tertiary/aromatic N) is 3. The minimum Gasteiger partial charge on any atom is -0.353 e. The molecule has 1 aromatic heterocycles. The molecule has 0 aliphatic rings. The van der Waals surface area contributed by atoms with E-state index in [-0.39, 0.29) is 6.04 Å². The third kappa shape index (κ3) is 4.22. The van der Waals surface area contributed by atoms with Crippen molar-refractivity contribution in [3.63, 3.8) is 0 Å². The quantitative estimate of drug-likeness (QED) is 0.292. The zero-order chi connectivity index (χ0) is 12.0. The Labute approximate surface area is 95.4 Å². The summed E-state index contributed by atoms with van der Waals surface area (Å²) in [5, 5.41) is 3.08. The summed E-state index contributed by atoms with van der Waals surface area (Å²) in [6.45, 7) is 6.35. The van der Waals surface area contributed by atoms with Gasteiger partial charge in [-0.05, 0) is 26.8 Å². The predicted molar refractivity (Wildman–Crippen MR) is 63.5 cm³/mol. The van der Waals surface area contributed by atoms with Crippen LogP contribution in [-0.2, 0) is 6.54 Å². The summed E-state index contributed by atoms with van der Waals surface area (Å²) >= 11 is 0. The monoisotopic (exact) mass is 222 g/mol. The van der Waals surface area contributed by atoms with Gasteiger partial charge in [0.25, 0.3) is 0 Å². The second kappa shape index (κ2) is 6.02. The van der Waals surface area contributed by atoms with E-state index in [4.69, 9.17) is 5.84 Å². The number of hydrogen-bond acceptors (Lipinski definition) is 4. The Morgan fingerprint density at radius 3 is 2.88 bits per heavy atom. The lowest BCUT2D eigenvalue weighted by molar-refractivity contribution is 0.701. The van der Waals surface area contributed by atoms with Gasteiger partial charge in [0.05, 0.1) is 12.2 Å². The van der Waals surface area contributed by atoms with Crippen LogP contribution < -0.4 is 16.6 Å². The second-order valence-corrected chi connectivity index (χ2v) is 3.70. The smallest absolute Gasteiger partial charge is 0.206 e. The number of aliphatic imine (C=N–C) groups is 1. The van der Waals surface area contributed by atoms with Crippen LogP contribution >= 0.6 is 0 Å². The lowest BCUT2D eigenvalue weighted by Crippen LogP contribution is -2.44. The van der Waals surface area contributed by atoms with E-state index in [9.17, 15) is 0 Å². The van der Waals surface area contributed by atoms with Gasteiger partial charge in [-0.25, -0.2) is 20.8 Å². The van der Waals surface area contributed by atoms with Gasteiger partial charge in [-0.3, -0.25) is 5.43 Å². The van der Waals surface area contributed by atoms with Crippen molar-refractivity contribution in [2.75, 3.05) is 0 Å². The topological polar surface area (TPSA) is 88.2 Å². The fourth-order valence-corrected chi connectivity index (χ4v) is 1.16. The number of guanidine groups is 1. The van der Waals surface area contributed by atoms with E-state index in [1.165, 1.54) is 0 Å². The van der Waals surface area contributed by atoms with Gasteiger partial charge in [0.2, 0.25) is 5.96 Å². The maximum atomic E-state index is 5.34. The van der Waals surface area contributed by atoms with Crippen molar-refractivity contribution in [1.82, 2.24) is 20.7 Å². The number of nitrogens with one attached hydrogen (secondary N) is 2. The highest BCUT2D eigenvalue weighted by Gasteiger charge is 1.99. The van der Waals surface area contributed by atoms with Crippen molar-refractivity contribution < 1.29 is 0 Å². The van der Waals surface area contributed by atoms with Crippen LogP contribution in [-0.4, -0.2) is 22.0 Å². The van der Waals surface area contributed by atoms with Crippen LogP contribution in [0.5, 0.6) is 0 Å².